The van der Waals surface area contributed by atoms with Gasteiger partial charge in [-0.15, -0.1) is 10.2 Å². The highest BCUT2D eigenvalue weighted by Gasteiger charge is 2.11. The van der Waals surface area contributed by atoms with Crippen LogP contribution in [0.15, 0.2) is 152 Å². The molecule has 0 amide bonds. The molecule has 6 aromatic rings. The van der Waals surface area contributed by atoms with Gasteiger partial charge in [0.25, 0.3) is 0 Å². The molecule has 4 nitrogen and oxygen atoms in total. The summed E-state index contributed by atoms with van der Waals surface area (Å²) in [4.78, 5) is 3.87. The molecule has 0 atom stereocenters. The second-order valence-corrected chi connectivity index (χ2v) is 8.91. The molecule has 0 aliphatic carbocycles. The van der Waals surface area contributed by atoms with Crippen LogP contribution in [0.25, 0.3) is 38.6 Å². The summed E-state index contributed by atoms with van der Waals surface area (Å²) >= 11 is 0. The average molecular weight is 491 g/mol. The summed E-state index contributed by atoms with van der Waals surface area (Å²) in [6, 6.07) is 39.7. The summed E-state index contributed by atoms with van der Waals surface area (Å²) < 4.78 is 0. The van der Waals surface area contributed by atoms with Crippen molar-refractivity contribution >= 4 is 33.2 Å². The Morgan fingerprint density at radius 1 is 0.605 bits per heavy atom. The third kappa shape index (κ3) is 4.63. The molecule has 1 heterocycles. The van der Waals surface area contributed by atoms with Crippen LogP contribution in [0.2, 0.25) is 0 Å². The number of hydrogen-bond acceptors (Lipinski definition) is 3. The van der Waals surface area contributed by atoms with Gasteiger partial charge < -0.3 is 4.90 Å². The van der Waals surface area contributed by atoms with Crippen molar-refractivity contribution in [1.29, 1.82) is 0 Å². The molecule has 0 aliphatic heterocycles. The first kappa shape index (κ1) is 23.2. The normalized spacial score (nSPS) is 11.6. The number of nitrogens with zero attached hydrogens (tertiary/aromatic N) is 4. The van der Waals surface area contributed by atoms with Gasteiger partial charge in [0.15, 0.2) is 0 Å². The molecular weight excluding hydrogens is 464 g/mol. The highest BCUT2D eigenvalue weighted by Crippen LogP contribution is 2.30. The van der Waals surface area contributed by atoms with Gasteiger partial charge in [-0.25, -0.2) is 0 Å². The molecule has 0 radical (unpaired) electrons. The summed E-state index contributed by atoms with van der Waals surface area (Å²) in [7, 11) is 0. The van der Waals surface area contributed by atoms with E-state index in [1.165, 1.54) is 11.1 Å². The molecule has 6 rings (SSSR count). The van der Waals surface area contributed by atoms with Crippen LogP contribution in [0, 0.1) is 0 Å². The molecule has 0 bridgehead atoms. The van der Waals surface area contributed by atoms with E-state index < -0.39 is 0 Å². The molecule has 5 aromatic carbocycles. The molecule has 38 heavy (non-hydrogen) atoms. The predicted octanol–water partition coefficient (Wildman–Crippen LogP) is 8.63. The van der Waals surface area contributed by atoms with E-state index in [2.05, 4.69) is 109 Å². The van der Waals surface area contributed by atoms with E-state index in [4.69, 9.17) is 10.2 Å². The largest absolute Gasteiger partial charge is 0.317 e. The Kier molecular flexibility index (Phi) is 6.35. The molecule has 0 fully saturated rings. The Morgan fingerprint density at radius 2 is 1.29 bits per heavy atom. The lowest BCUT2D eigenvalue weighted by Crippen LogP contribution is -2.08. The zero-order chi connectivity index (χ0) is 25.7. The third-order valence-electron chi connectivity index (χ3n) is 6.48. The number of benzene rings is 5. The molecule has 4 heteroatoms. The monoisotopic (exact) mass is 490 g/mol. The zero-order valence-electron chi connectivity index (χ0n) is 20.9. The third-order valence-corrected chi connectivity index (χ3v) is 6.48. The lowest BCUT2D eigenvalue weighted by atomic mass is 10.1. The maximum Gasteiger partial charge on any atom is 0.121 e. The van der Waals surface area contributed by atoms with Crippen molar-refractivity contribution in [2.24, 2.45) is 0 Å². The molecule has 0 N–H and O–H groups in total. The highest BCUT2D eigenvalue weighted by atomic mass is 15.5. The standard InChI is InChI=1S/C34H26N4/c1-2-3-4-10-25-37(29-18-15-27(16-19-29)26-11-6-5-7-12-26)30-20-22-31(23-21-30)38-35-33-24-17-28-13-8-9-14-32(28)34(33)36-38/h2-25H,1H2/b4-3-,25-10+. The number of anilines is 2. The lowest BCUT2D eigenvalue weighted by molar-refractivity contribution is 0.766. The van der Waals surface area contributed by atoms with Crippen LogP contribution in [-0.4, -0.2) is 15.0 Å². The van der Waals surface area contributed by atoms with E-state index in [9.17, 15) is 0 Å². The van der Waals surface area contributed by atoms with Crippen LogP contribution in [-0.2, 0) is 0 Å². The Hall–Kier alpha value is -5.22. The van der Waals surface area contributed by atoms with Crippen molar-refractivity contribution in [3.63, 3.8) is 0 Å². The topological polar surface area (TPSA) is 34.0 Å². The molecule has 0 saturated carbocycles. The van der Waals surface area contributed by atoms with Crippen LogP contribution in [0.5, 0.6) is 0 Å². The van der Waals surface area contributed by atoms with Gasteiger partial charge in [0.2, 0.25) is 0 Å². The van der Waals surface area contributed by atoms with E-state index in [1.807, 2.05) is 42.5 Å². The molecule has 0 spiro atoms. The second kappa shape index (κ2) is 10.4. The van der Waals surface area contributed by atoms with E-state index in [0.717, 1.165) is 38.9 Å². The minimum absolute atomic E-state index is 0.879. The summed E-state index contributed by atoms with van der Waals surface area (Å²) in [5.74, 6) is 0. The Labute approximate surface area is 222 Å². The predicted molar refractivity (Wildman–Crippen MR) is 159 cm³/mol. The number of hydrogen-bond donors (Lipinski definition) is 0. The SMILES string of the molecule is C=C/C=C\C=C\N(c1ccc(-c2ccccc2)cc1)c1ccc(-n2nc3ccc4ccccc4c3n2)cc1. The van der Waals surface area contributed by atoms with Crippen molar-refractivity contribution in [2.45, 2.75) is 0 Å². The van der Waals surface area contributed by atoms with Gasteiger partial charge in [0, 0.05) is 23.0 Å². The summed E-state index contributed by atoms with van der Waals surface area (Å²) in [5.41, 5.74) is 7.18. The molecule has 1 aromatic heterocycles. The molecule has 0 saturated heterocycles. The first-order valence-corrected chi connectivity index (χ1v) is 12.6. The van der Waals surface area contributed by atoms with Gasteiger partial charge in [0.1, 0.15) is 11.0 Å². The molecule has 0 aliphatic rings. The van der Waals surface area contributed by atoms with Crippen LogP contribution >= 0.6 is 0 Å². The van der Waals surface area contributed by atoms with Gasteiger partial charge >= 0.3 is 0 Å². The first-order chi connectivity index (χ1) is 18.8. The maximum atomic E-state index is 4.81. The molecule has 182 valence electrons. The fraction of sp³-hybridized carbons (Fsp3) is 0. The van der Waals surface area contributed by atoms with Gasteiger partial charge in [0.05, 0.1) is 5.69 Å². The summed E-state index contributed by atoms with van der Waals surface area (Å²) in [6.45, 7) is 3.75. The minimum Gasteiger partial charge on any atom is -0.317 e. The van der Waals surface area contributed by atoms with Gasteiger partial charge in [-0.3, -0.25) is 0 Å². The van der Waals surface area contributed by atoms with Gasteiger partial charge in [-0.05, 0) is 65.1 Å². The fourth-order valence-corrected chi connectivity index (χ4v) is 4.56. The average Bonchev–Trinajstić information content (AvgIpc) is 3.43. The number of rotatable bonds is 7. The quantitative estimate of drug-likeness (QED) is 0.210. The van der Waals surface area contributed by atoms with Gasteiger partial charge in [-0.1, -0.05) is 97.6 Å². The summed E-state index contributed by atoms with van der Waals surface area (Å²) in [5, 5.41) is 11.8. The maximum absolute atomic E-state index is 4.81. The second-order valence-electron chi connectivity index (χ2n) is 8.91. The Balaban J connectivity index is 1.33. The smallest absolute Gasteiger partial charge is 0.121 e. The summed E-state index contributed by atoms with van der Waals surface area (Å²) in [6.07, 6.45) is 9.71. The lowest BCUT2D eigenvalue weighted by Gasteiger charge is -2.21. The van der Waals surface area contributed by atoms with E-state index in [1.54, 1.807) is 10.9 Å². The number of aromatic nitrogens is 3. The Bertz CT molecular complexity index is 1760. The van der Waals surface area contributed by atoms with E-state index in [0.29, 0.717) is 0 Å². The highest BCUT2D eigenvalue weighted by molar-refractivity contribution is 6.03. The van der Waals surface area contributed by atoms with Crippen molar-refractivity contribution in [1.82, 2.24) is 15.0 Å². The zero-order valence-corrected chi connectivity index (χ0v) is 20.9. The van der Waals surface area contributed by atoms with Crippen LogP contribution in [0.4, 0.5) is 11.4 Å². The van der Waals surface area contributed by atoms with Crippen molar-refractivity contribution in [2.75, 3.05) is 4.90 Å². The van der Waals surface area contributed by atoms with Crippen LogP contribution < -0.4 is 4.90 Å². The van der Waals surface area contributed by atoms with Crippen LogP contribution in [0.1, 0.15) is 0 Å². The van der Waals surface area contributed by atoms with Crippen molar-refractivity contribution in [3.05, 3.63) is 152 Å². The number of fused-ring (bicyclic) bond motifs is 3. The minimum atomic E-state index is 0.879. The van der Waals surface area contributed by atoms with Crippen molar-refractivity contribution < 1.29 is 0 Å². The van der Waals surface area contributed by atoms with Gasteiger partial charge in [-0.2, -0.15) is 4.80 Å². The first-order valence-electron chi connectivity index (χ1n) is 12.6. The van der Waals surface area contributed by atoms with E-state index >= 15 is 0 Å². The Morgan fingerprint density at radius 3 is 2.05 bits per heavy atom. The molecular formula is C34H26N4. The fourth-order valence-electron chi connectivity index (χ4n) is 4.56. The number of allylic oxidation sites excluding steroid dienone is 4. The van der Waals surface area contributed by atoms with E-state index in [-0.39, 0.29) is 0 Å². The van der Waals surface area contributed by atoms with Crippen LogP contribution in [0.3, 0.4) is 0 Å². The molecule has 0 unspecified atom stereocenters. The van der Waals surface area contributed by atoms with Crippen molar-refractivity contribution in [3.8, 4) is 16.8 Å².